The first-order valence-electron chi connectivity index (χ1n) is 9.40. The van der Waals surface area contributed by atoms with E-state index in [-0.39, 0.29) is 23.8 Å². The van der Waals surface area contributed by atoms with E-state index >= 15 is 0 Å². The summed E-state index contributed by atoms with van der Waals surface area (Å²) in [5.74, 6) is 0.143. The number of nitrogens with zero attached hydrogens (tertiary/aromatic N) is 4. The van der Waals surface area contributed by atoms with E-state index in [1.165, 1.54) is 5.56 Å². The van der Waals surface area contributed by atoms with E-state index in [1.54, 1.807) is 0 Å². The van der Waals surface area contributed by atoms with Gasteiger partial charge in [-0.25, -0.2) is 0 Å². The van der Waals surface area contributed by atoms with E-state index in [0.717, 1.165) is 45.6 Å². The van der Waals surface area contributed by atoms with Gasteiger partial charge in [0, 0.05) is 63.5 Å². The van der Waals surface area contributed by atoms with Crippen LogP contribution in [0.3, 0.4) is 0 Å². The number of hydrogen-bond acceptors (Lipinski definition) is 4. The summed E-state index contributed by atoms with van der Waals surface area (Å²) in [6, 6.07) is 0.275. The molecule has 25 heavy (non-hydrogen) atoms. The lowest BCUT2D eigenvalue weighted by atomic mass is 10.1. The Morgan fingerprint density at radius 3 is 2.60 bits per heavy atom. The van der Waals surface area contributed by atoms with Gasteiger partial charge in [0.25, 0.3) is 0 Å². The minimum Gasteiger partial charge on any atom is -0.340 e. The number of nitrogens with one attached hydrogen (secondary N) is 1. The van der Waals surface area contributed by atoms with Gasteiger partial charge < -0.3 is 9.80 Å². The summed E-state index contributed by atoms with van der Waals surface area (Å²) in [5.41, 5.74) is 1.17. The summed E-state index contributed by atoms with van der Waals surface area (Å²) in [6.07, 6.45) is 6.04. The smallest absolute Gasteiger partial charge is 0.228 e. The number of hydrogen-bond donors (Lipinski definition) is 1. The average molecular weight is 347 g/mol. The summed E-state index contributed by atoms with van der Waals surface area (Å²) >= 11 is 0. The fourth-order valence-electron chi connectivity index (χ4n) is 3.99. The highest BCUT2D eigenvalue weighted by Crippen LogP contribution is 2.25. The second-order valence-electron chi connectivity index (χ2n) is 7.13. The molecular formula is C18H29N5O2. The van der Waals surface area contributed by atoms with E-state index in [9.17, 15) is 9.59 Å². The van der Waals surface area contributed by atoms with Crippen molar-refractivity contribution in [3.63, 3.8) is 0 Å². The Morgan fingerprint density at radius 1 is 1.28 bits per heavy atom. The first kappa shape index (κ1) is 17.9. The summed E-state index contributed by atoms with van der Waals surface area (Å²) in [7, 11) is 0. The Labute approximate surface area is 149 Å². The van der Waals surface area contributed by atoms with Crippen molar-refractivity contribution in [3.8, 4) is 0 Å². The molecule has 2 aliphatic rings. The Bertz CT molecular complexity index is 576. The van der Waals surface area contributed by atoms with Gasteiger partial charge in [0.05, 0.1) is 12.1 Å². The molecule has 2 amide bonds. The highest BCUT2D eigenvalue weighted by molar-refractivity contribution is 5.89. The van der Waals surface area contributed by atoms with Gasteiger partial charge in [-0.3, -0.25) is 19.6 Å². The summed E-state index contributed by atoms with van der Waals surface area (Å²) in [4.78, 5) is 31.3. The molecule has 0 aliphatic carbocycles. The molecule has 0 saturated carbocycles. The number of carbonyl (C=O) groups excluding carboxylic acids is 2. The molecule has 7 nitrogen and oxygen atoms in total. The third-order valence-electron chi connectivity index (χ3n) is 5.54. The molecule has 1 atom stereocenters. The quantitative estimate of drug-likeness (QED) is 0.836. The third kappa shape index (κ3) is 4.03. The van der Waals surface area contributed by atoms with Crippen LogP contribution in [0.15, 0.2) is 12.4 Å². The molecule has 7 heteroatoms. The van der Waals surface area contributed by atoms with Crippen molar-refractivity contribution in [3.05, 3.63) is 18.0 Å². The molecule has 3 heterocycles. The number of rotatable bonds is 6. The fourth-order valence-corrected chi connectivity index (χ4v) is 3.99. The summed E-state index contributed by atoms with van der Waals surface area (Å²) < 4.78 is 0. The van der Waals surface area contributed by atoms with E-state index in [4.69, 9.17) is 0 Å². The number of carbonyl (C=O) groups is 2. The maximum atomic E-state index is 12.8. The lowest BCUT2D eigenvalue weighted by Crippen LogP contribution is -2.50. The molecule has 2 aliphatic heterocycles. The molecule has 138 valence electrons. The molecular weight excluding hydrogens is 318 g/mol. The van der Waals surface area contributed by atoms with Crippen LogP contribution in [0.5, 0.6) is 0 Å². The molecule has 2 saturated heterocycles. The maximum absolute atomic E-state index is 12.8. The van der Waals surface area contributed by atoms with Crippen molar-refractivity contribution in [1.82, 2.24) is 24.9 Å². The normalized spacial score (nSPS) is 22.2. The number of likely N-dealkylation sites (tertiary alicyclic amines) is 1. The van der Waals surface area contributed by atoms with Crippen LogP contribution in [0.2, 0.25) is 0 Å². The van der Waals surface area contributed by atoms with Crippen LogP contribution in [0.1, 0.15) is 38.7 Å². The Hall–Kier alpha value is -1.89. The Balaban J connectivity index is 1.50. The summed E-state index contributed by atoms with van der Waals surface area (Å²) in [6.45, 7) is 8.90. The van der Waals surface area contributed by atoms with Crippen LogP contribution in [0.4, 0.5) is 0 Å². The third-order valence-corrected chi connectivity index (χ3v) is 5.54. The number of aromatic amines is 1. The predicted molar refractivity (Wildman–Crippen MR) is 94.6 cm³/mol. The van der Waals surface area contributed by atoms with Crippen LogP contribution in [0.25, 0.3) is 0 Å². The maximum Gasteiger partial charge on any atom is 0.228 e. The zero-order chi connectivity index (χ0) is 17.8. The molecule has 2 fully saturated rings. The summed E-state index contributed by atoms with van der Waals surface area (Å²) in [5, 5.41) is 6.81. The second kappa shape index (κ2) is 7.99. The molecule has 1 N–H and O–H groups in total. The van der Waals surface area contributed by atoms with Crippen LogP contribution in [-0.4, -0.2) is 75.5 Å². The number of piperazine rings is 1. The van der Waals surface area contributed by atoms with Gasteiger partial charge in [-0.15, -0.1) is 0 Å². The largest absolute Gasteiger partial charge is 0.340 e. The molecule has 0 spiro atoms. The molecule has 0 radical (unpaired) electrons. The number of H-pyrrole nitrogens is 1. The van der Waals surface area contributed by atoms with Crippen molar-refractivity contribution < 1.29 is 9.59 Å². The second-order valence-corrected chi connectivity index (χ2v) is 7.13. The zero-order valence-electron chi connectivity index (χ0n) is 15.3. The average Bonchev–Trinajstić information content (AvgIpc) is 3.26. The molecule has 1 unspecified atom stereocenters. The SMILES string of the molecule is CCC(CC)N1CC(C(=O)N2CCN(Cc3cn[nH]c3)CC2)CC1=O. The first-order chi connectivity index (χ1) is 12.1. The van der Waals surface area contributed by atoms with Crippen molar-refractivity contribution >= 4 is 11.8 Å². The first-order valence-corrected chi connectivity index (χ1v) is 9.40. The highest BCUT2D eigenvalue weighted by atomic mass is 16.2. The minimum absolute atomic E-state index is 0.144. The van der Waals surface area contributed by atoms with Gasteiger partial charge in [-0.2, -0.15) is 5.10 Å². The van der Waals surface area contributed by atoms with E-state index in [2.05, 4.69) is 28.9 Å². The standard InChI is InChI=1S/C18H29N5O2/c1-3-16(4-2)23-13-15(9-17(23)24)18(25)22-7-5-21(6-8-22)12-14-10-19-20-11-14/h10-11,15-16H,3-9,12-13H2,1-2H3,(H,19,20). The zero-order valence-corrected chi connectivity index (χ0v) is 15.3. The topological polar surface area (TPSA) is 72.5 Å². The van der Waals surface area contributed by atoms with Crippen molar-refractivity contribution in [1.29, 1.82) is 0 Å². The van der Waals surface area contributed by atoms with Crippen molar-refractivity contribution in [2.24, 2.45) is 5.92 Å². The lowest BCUT2D eigenvalue weighted by molar-refractivity contribution is -0.137. The van der Waals surface area contributed by atoms with Crippen LogP contribution in [0, 0.1) is 5.92 Å². The predicted octanol–water partition coefficient (Wildman–Crippen LogP) is 1.09. The van der Waals surface area contributed by atoms with Gasteiger partial charge in [-0.05, 0) is 12.8 Å². The molecule has 0 bridgehead atoms. The van der Waals surface area contributed by atoms with E-state index in [1.807, 2.05) is 22.2 Å². The molecule has 0 aromatic carbocycles. The lowest BCUT2D eigenvalue weighted by Gasteiger charge is -2.35. The van der Waals surface area contributed by atoms with Crippen LogP contribution in [-0.2, 0) is 16.1 Å². The monoisotopic (exact) mass is 347 g/mol. The molecule has 1 aromatic rings. The van der Waals surface area contributed by atoms with Gasteiger partial charge in [-0.1, -0.05) is 13.8 Å². The highest BCUT2D eigenvalue weighted by Gasteiger charge is 2.39. The van der Waals surface area contributed by atoms with Gasteiger partial charge >= 0.3 is 0 Å². The molecule has 1 aromatic heterocycles. The minimum atomic E-state index is -0.159. The van der Waals surface area contributed by atoms with Gasteiger partial charge in [0.15, 0.2) is 0 Å². The van der Waals surface area contributed by atoms with Gasteiger partial charge in [0.2, 0.25) is 11.8 Å². The number of amides is 2. The van der Waals surface area contributed by atoms with Crippen LogP contribution >= 0.6 is 0 Å². The van der Waals surface area contributed by atoms with Crippen molar-refractivity contribution in [2.75, 3.05) is 32.7 Å². The van der Waals surface area contributed by atoms with Crippen molar-refractivity contribution in [2.45, 2.75) is 45.7 Å². The van der Waals surface area contributed by atoms with Gasteiger partial charge in [0.1, 0.15) is 0 Å². The Kier molecular flexibility index (Phi) is 5.73. The Morgan fingerprint density at radius 2 is 2.00 bits per heavy atom. The fraction of sp³-hybridized carbons (Fsp3) is 0.722. The van der Waals surface area contributed by atoms with Crippen LogP contribution < -0.4 is 0 Å². The molecule has 3 rings (SSSR count). The van der Waals surface area contributed by atoms with E-state index < -0.39 is 0 Å². The number of aromatic nitrogens is 2. The van der Waals surface area contributed by atoms with E-state index in [0.29, 0.717) is 13.0 Å².